The molecule has 1 heterocycles. The van der Waals surface area contributed by atoms with Crippen LogP contribution < -0.4 is 5.73 Å². The summed E-state index contributed by atoms with van der Waals surface area (Å²) in [5.41, 5.74) is 7.36. The molecular weight excluding hydrogens is 486 g/mol. The van der Waals surface area contributed by atoms with Gasteiger partial charge in [-0.05, 0) is 24.1 Å². The van der Waals surface area contributed by atoms with Gasteiger partial charge in [0.1, 0.15) is 6.29 Å². The number of nitrogens with zero attached hydrogens (tertiary/aromatic N) is 4. The van der Waals surface area contributed by atoms with Crippen molar-refractivity contribution in [1.82, 2.24) is 19.6 Å². The third kappa shape index (κ3) is 13.1. The molecule has 6 N–H and O–H groups in total. The molecule has 13 heteroatoms. The van der Waals surface area contributed by atoms with Crippen molar-refractivity contribution in [2.24, 2.45) is 0 Å². The van der Waals surface area contributed by atoms with Crippen LogP contribution in [0.3, 0.4) is 0 Å². The molecule has 0 aromatic heterocycles. The molecule has 0 saturated carbocycles. The number of aliphatic hydroxyl groups is 1. The lowest BCUT2D eigenvalue weighted by Gasteiger charge is -2.37. The second-order valence-corrected chi connectivity index (χ2v) is 8.73. The summed E-state index contributed by atoms with van der Waals surface area (Å²) in [6.07, 6.45) is 1.28. The average molecular weight is 526 g/mol. The lowest BCUT2D eigenvalue weighted by atomic mass is 10.0. The number of aliphatic carboxylic acids is 3. The van der Waals surface area contributed by atoms with E-state index in [2.05, 4.69) is 0 Å². The van der Waals surface area contributed by atoms with Gasteiger partial charge in [0.2, 0.25) is 0 Å². The molecule has 0 spiro atoms. The molecule has 1 aliphatic heterocycles. The lowest BCUT2D eigenvalue weighted by molar-refractivity contribution is -0.141. The minimum atomic E-state index is -1.01. The Bertz CT molecular complexity index is 854. The Morgan fingerprint density at radius 1 is 0.811 bits per heavy atom. The van der Waals surface area contributed by atoms with E-state index < -0.39 is 17.9 Å². The monoisotopic (exact) mass is 525 g/mol. The van der Waals surface area contributed by atoms with Crippen LogP contribution in [0.15, 0.2) is 24.3 Å². The molecule has 1 aromatic carbocycles. The molecule has 0 bridgehead atoms. The Kier molecular flexibility index (Phi) is 15.0. The number of hydrogen-bond donors (Lipinski definition) is 5. The largest absolute Gasteiger partial charge is 0.480 e. The first-order valence-electron chi connectivity index (χ1n) is 12.0. The summed E-state index contributed by atoms with van der Waals surface area (Å²) in [5, 5.41) is 35.2. The van der Waals surface area contributed by atoms with E-state index in [0.29, 0.717) is 57.9 Å². The van der Waals surface area contributed by atoms with Crippen molar-refractivity contribution in [1.29, 1.82) is 0 Å². The summed E-state index contributed by atoms with van der Waals surface area (Å²) in [4.78, 5) is 52.9. The molecule has 208 valence electrons. The number of benzene rings is 1. The summed E-state index contributed by atoms with van der Waals surface area (Å²) in [5.74, 6) is -3.00. The standard InChI is InChI=1S/C23H35N5O7.CH4O/c24-19-3-1-18(2-4-19)13-20-14-27(11-12-29)8-7-25(15-21(30)31)5-6-26(16-22(32)33)9-10-28(20)17-23(34)35;1-2/h1-4,12,20H,5-11,13-17,24H2,(H,30,31)(H,32,33)(H,34,35);2H,1H3. The van der Waals surface area contributed by atoms with E-state index in [4.69, 9.17) is 10.8 Å². The number of rotatable bonds is 10. The van der Waals surface area contributed by atoms with Crippen molar-refractivity contribution in [2.75, 3.05) is 84.8 Å². The minimum Gasteiger partial charge on any atom is -0.480 e. The molecule has 1 unspecified atom stereocenters. The normalized spacial score (nSPS) is 19.0. The summed E-state index contributed by atoms with van der Waals surface area (Å²) in [6, 6.07) is 7.01. The van der Waals surface area contributed by atoms with E-state index in [9.17, 15) is 34.5 Å². The number of nitrogen functional groups attached to an aromatic ring is 1. The third-order valence-electron chi connectivity index (χ3n) is 5.99. The number of aliphatic hydroxyl groups excluding tert-OH is 1. The van der Waals surface area contributed by atoms with Gasteiger partial charge in [-0.1, -0.05) is 12.1 Å². The maximum absolute atomic E-state index is 11.7. The molecule has 1 aromatic rings. The zero-order valence-corrected chi connectivity index (χ0v) is 21.2. The lowest BCUT2D eigenvalue weighted by Crippen LogP contribution is -2.53. The highest BCUT2D eigenvalue weighted by atomic mass is 16.4. The predicted octanol–water partition coefficient (Wildman–Crippen LogP) is -1.54. The second-order valence-electron chi connectivity index (χ2n) is 8.73. The molecule has 0 radical (unpaired) electrons. The molecule has 0 aliphatic carbocycles. The van der Waals surface area contributed by atoms with E-state index >= 15 is 0 Å². The van der Waals surface area contributed by atoms with Gasteiger partial charge in [-0.2, -0.15) is 0 Å². The molecule has 1 saturated heterocycles. The Morgan fingerprint density at radius 2 is 1.27 bits per heavy atom. The number of carbonyl (C=O) groups excluding carboxylic acids is 1. The topological polar surface area (TPSA) is 188 Å². The molecule has 1 fully saturated rings. The van der Waals surface area contributed by atoms with Crippen LogP contribution in [0.5, 0.6) is 0 Å². The highest BCUT2D eigenvalue weighted by Gasteiger charge is 2.26. The number of carboxylic acids is 3. The average Bonchev–Trinajstić information content (AvgIpc) is 2.83. The van der Waals surface area contributed by atoms with E-state index in [-0.39, 0.29) is 32.2 Å². The van der Waals surface area contributed by atoms with Gasteiger partial charge in [-0.25, -0.2) is 0 Å². The highest BCUT2D eigenvalue weighted by molar-refractivity contribution is 5.70. The fourth-order valence-corrected chi connectivity index (χ4v) is 4.22. The zero-order valence-electron chi connectivity index (χ0n) is 21.2. The van der Waals surface area contributed by atoms with Crippen LogP contribution in [0.4, 0.5) is 5.69 Å². The van der Waals surface area contributed by atoms with E-state index in [1.165, 1.54) is 0 Å². The van der Waals surface area contributed by atoms with E-state index in [1.54, 1.807) is 21.9 Å². The maximum Gasteiger partial charge on any atom is 0.317 e. The quantitative estimate of drug-likeness (QED) is 0.175. The highest BCUT2D eigenvalue weighted by Crippen LogP contribution is 2.14. The van der Waals surface area contributed by atoms with Gasteiger partial charge in [0.15, 0.2) is 0 Å². The molecule has 37 heavy (non-hydrogen) atoms. The molecule has 1 aliphatic rings. The number of nitrogens with two attached hydrogens (primary N) is 1. The van der Waals surface area contributed by atoms with Crippen molar-refractivity contribution in [2.45, 2.75) is 12.5 Å². The number of carbonyl (C=O) groups is 4. The molecule has 1 atom stereocenters. The summed E-state index contributed by atoms with van der Waals surface area (Å²) in [7, 11) is 1.00. The molecule has 13 nitrogen and oxygen atoms in total. The van der Waals surface area contributed by atoms with Crippen LogP contribution >= 0.6 is 0 Å². The van der Waals surface area contributed by atoms with Gasteiger partial charge < -0.3 is 31.0 Å². The first kappa shape index (κ1) is 31.9. The Balaban J connectivity index is 0.00000334. The van der Waals surface area contributed by atoms with Crippen LogP contribution in [0.1, 0.15) is 5.56 Å². The van der Waals surface area contributed by atoms with Crippen molar-refractivity contribution in [3.8, 4) is 0 Å². The first-order valence-corrected chi connectivity index (χ1v) is 12.0. The van der Waals surface area contributed by atoms with Crippen molar-refractivity contribution < 1.29 is 39.6 Å². The summed E-state index contributed by atoms with van der Waals surface area (Å²) in [6.45, 7) is 1.87. The first-order chi connectivity index (χ1) is 17.7. The van der Waals surface area contributed by atoms with E-state index in [0.717, 1.165) is 19.0 Å². The predicted molar refractivity (Wildman–Crippen MR) is 136 cm³/mol. The third-order valence-corrected chi connectivity index (χ3v) is 5.99. The van der Waals surface area contributed by atoms with Crippen LogP contribution in [0.2, 0.25) is 0 Å². The summed E-state index contributed by atoms with van der Waals surface area (Å²) >= 11 is 0. The fraction of sp³-hybridized carbons (Fsp3) is 0.583. The fourth-order valence-electron chi connectivity index (χ4n) is 4.22. The van der Waals surface area contributed by atoms with Crippen LogP contribution in [-0.2, 0) is 25.6 Å². The van der Waals surface area contributed by atoms with Crippen LogP contribution in [0, 0.1) is 0 Å². The van der Waals surface area contributed by atoms with Gasteiger partial charge in [-0.15, -0.1) is 0 Å². The Morgan fingerprint density at radius 3 is 1.73 bits per heavy atom. The molecule has 2 rings (SSSR count). The maximum atomic E-state index is 11.7. The zero-order chi connectivity index (χ0) is 27.8. The smallest absolute Gasteiger partial charge is 0.317 e. The van der Waals surface area contributed by atoms with Crippen LogP contribution in [0.25, 0.3) is 0 Å². The SMILES string of the molecule is CO.Nc1ccc(CC2CN(CC=O)CCN(CC(=O)O)CCN(CC(=O)O)CCN2CC(=O)O)cc1. The number of aldehydes is 1. The Hall–Kier alpha value is -3.10. The van der Waals surface area contributed by atoms with Gasteiger partial charge in [-0.3, -0.25) is 34.0 Å². The van der Waals surface area contributed by atoms with Gasteiger partial charge >= 0.3 is 17.9 Å². The number of anilines is 1. The summed E-state index contributed by atoms with van der Waals surface area (Å²) < 4.78 is 0. The van der Waals surface area contributed by atoms with Crippen molar-refractivity contribution in [3.05, 3.63) is 29.8 Å². The van der Waals surface area contributed by atoms with Gasteiger partial charge in [0.05, 0.1) is 26.2 Å². The van der Waals surface area contributed by atoms with Crippen LogP contribution in [-0.4, -0.2) is 149 Å². The Labute approximate surface area is 216 Å². The molecular formula is C24H39N5O8. The van der Waals surface area contributed by atoms with Crippen molar-refractivity contribution >= 4 is 29.9 Å². The van der Waals surface area contributed by atoms with Gasteiger partial charge in [0, 0.05) is 64.7 Å². The van der Waals surface area contributed by atoms with Gasteiger partial charge in [0.25, 0.3) is 0 Å². The van der Waals surface area contributed by atoms with Crippen molar-refractivity contribution in [3.63, 3.8) is 0 Å². The van der Waals surface area contributed by atoms with E-state index in [1.807, 2.05) is 21.9 Å². The second kappa shape index (κ2) is 17.4. The molecule has 0 amide bonds. The number of carboxylic acid groups (broad SMARTS) is 3. The number of hydrogen-bond acceptors (Lipinski definition) is 10. The minimum absolute atomic E-state index is 0.130.